The summed E-state index contributed by atoms with van der Waals surface area (Å²) >= 11 is 6.85. The van der Waals surface area contributed by atoms with Gasteiger partial charge in [-0.25, -0.2) is 9.97 Å². The Bertz CT molecular complexity index is 789. The van der Waals surface area contributed by atoms with Gasteiger partial charge in [-0.15, -0.1) is 0 Å². The van der Waals surface area contributed by atoms with Crippen molar-refractivity contribution in [2.24, 2.45) is 0 Å². The van der Waals surface area contributed by atoms with E-state index in [1.54, 1.807) is 0 Å². The molecule has 2 aromatic carbocycles. The number of hydrogen-bond donors (Lipinski definition) is 2. The molecule has 0 unspecified atom stereocenters. The van der Waals surface area contributed by atoms with Gasteiger partial charge in [0.15, 0.2) is 0 Å². The molecule has 0 spiro atoms. The van der Waals surface area contributed by atoms with Crippen molar-refractivity contribution in [1.29, 1.82) is 0 Å². The number of nitrogen functional groups attached to an aromatic ring is 1. The molecule has 1 heterocycles. The van der Waals surface area contributed by atoms with Crippen molar-refractivity contribution in [3.63, 3.8) is 0 Å². The molecule has 0 atom stereocenters. The highest BCUT2D eigenvalue weighted by molar-refractivity contribution is 9.11. The smallest absolute Gasteiger partial charge is 0.150 e. The molecule has 0 saturated heterocycles. The van der Waals surface area contributed by atoms with Crippen LogP contribution in [0.25, 0.3) is 10.8 Å². The number of anilines is 3. The van der Waals surface area contributed by atoms with Crippen molar-refractivity contribution < 1.29 is 0 Å². The lowest BCUT2D eigenvalue weighted by molar-refractivity contribution is 1.16. The van der Waals surface area contributed by atoms with Crippen molar-refractivity contribution in [3.05, 3.63) is 51.7 Å². The maximum atomic E-state index is 5.74. The van der Waals surface area contributed by atoms with Crippen LogP contribution >= 0.6 is 31.9 Å². The Morgan fingerprint density at radius 1 is 0.950 bits per heavy atom. The lowest BCUT2D eigenvalue weighted by Gasteiger charge is -2.09. The van der Waals surface area contributed by atoms with E-state index in [4.69, 9.17) is 5.73 Å². The van der Waals surface area contributed by atoms with Gasteiger partial charge in [-0.05, 0) is 51.0 Å². The minimum Gasteiger partial charge on any atom is -0.383 e. The molecule has 0 aliphatic rings. The lowest BCUT2D eigenvalue weighted by atomic mass is 10.1. The third-order valence-electron chi connectivity index (χ3n) is 2.88. The van der Waals surface area contributed by atoms with Crippen LogP contribution < -0.4 is 11.1 Å². The fourth-order valence-electron chi connectivity index (χ4n) is 1.90. The number of aromatic nitrogens is 2. The van der Waals surface area contributed by atoms with Gasteiger partial charge in [0.2, 0.25) is 0 Å². The molecule has 4 nitrogen and oxygen atoms in total. The Hall–Kier alpha value is -1.66. The van der Waals surface area contributed by atoms with Gasteiger partial charge in [-0.3, -0.25) is 0 Å². The minimum absolute atomic E-state index is 0.409. The van der Waals surface area contributed by atoms with Crippen molar-refractivity contribution in [3.8, 4) is 0 Å². The maximum Gasteiger partial charge on any atom is 0.150 e. The Labute approximate surface area is 132 Å². The van der Waals surface area contributed by atoms with Crippen LogP contribution in [0.5, 0.6) is 0 Å². The number of nitrogens with zero attached hydrogens (tertiary/aromatic N) is 2. The van der Waals surface area contributed by atoms with Crippen LogP contribution in [0.1, 0.15) is 0 Å². The molecule has 0 aliphatic heterocycles. The number of hydrogen-bond acceptors (Lipinski definition) is 4. The van der Waals surface area contributed by atoms with E-state index in [-0.39, 0.29) is 0 Å². The highest BCUT2D eigenvalue weighted by Crippen LogP contribution is 2.29. The zero-order valence-electron chi connectivity index (χ0n) is 10.3. The molecule has 0 aliphatic carbocycles. The maximum absolute atomic E-state index is 5.74. The average Bonchev–Trinajstić information content (AvgIpc) is 2.44. The number of fused-ring (bicyclic) bond motifs is 1. The topological polar surface area (TPSA) is 63.8 Å². The first-order valence-electron chi connectivity index (χ1n) is 5.86. The fourth-order valence-corrected chi connectivity index (χ4v) is 2.58. The summed E-state index contributed by atoms with van der Waals surface area (Å²) in [7, 11) is 0. The first-order valence-corrected chi connectivity index (χ1v) is 7.44. The second-order valence-corrected chi connectivity index (χ2v) is 5.96. The number of nitrogens with one attached hydrogen (secondary N) is 1. The summed E-state index contributed by atoms with van der Waals surface area (Å²) in [6, 6.07) is 12.3. The summed E-state index contributed by atoms with van der Waals surface area (Å²) in [6.45, 7) is 0. The van der Waals surface area contributed by atoms with E-state index < -0.39 is 0 Å². The quantitative estimate of drug-likeness (QED) is 0.673. The van der Waals surface area contributed by atoms with E-state index in [1.165, 1.54) is 11.7 Å². The minimum atomic E-state index is 0.409. The second-order valence-electron chi connectivity index (χ2n) is 4.25. The van der Waals surface area contributed by atoms with Crippen molar-refractivity contribution >= 4 is 60.0 Å². The van der Waals surface area contributed by atoms with Gasteiger partial charge < -0.3 is 11.1 Å². The van der Waals surface area contributed by atoms with Crippen LogP contribution in [0.2, 0.25) is 0 Å². The fraction of sp³-hybridized carbons (Fsp3) is 0. The molecule has 6 heteroatoms. The molecule has 20 heavy (non-hydrogen) atoms. The van der Waals surface area contributed by atoms with E-state index >= 15 is 0 Å². The van der Waals surface area contributed by atoms with Crippen LogP contribution in [0, 0.1) is 0 Å². The Morgan fingerprint density at radius 3 is 2.55 bits per heavy atom. The zero-order valence-corrected chi connectivity index (χ0v) is 13.4. The number of rotatable bonds is 2. The molecule has 0 bridgehead atoms. The molecule has 3 N–H and O–H groups in total. The van der Waals surface area contributed by atoms with Gasteiger partial charge in [-0.2, -0.15) is 0 Å². The summed E-state index contributed by atoms with van der Waals surface area (Å²) in [6.07, 6.45) is 1.43. The summed E-state index contributed by atoms with van der Waals surface area (Å²) in [5.41, 5.74) is 6.68. The van der Waals surface area contributed by atoms with Crippen LogP contribution in [0.4, 0.5) is 17.3 Å². The zero-order chi connectivity index (χ0) is 14.1. The standard InChI is InChI=1S/C14H10Br2N4/c15-10-3-1-9-6-11(4-2-8(9)5-10)20-14-12(16)13(17)18-7-19-14/h1-7H,(H3,17,18,19,20). The third-order valence-corrected chi connectivity index (χ3v) is 4.16. The molecule has 3 rings (SSSR count). The predicted octanol–water partition coefficient (Wildman–Crippen LogP) is 4.48. The van der Waals surface area contributed by atoms with Crippen LogP contribution in [0.3, 0.4) is 0 Å². The molecule has 1 aromatic heterocycles. The van der Waals surface area contributed by atoms with Gasteiger partial charge in [0, 0.05) is 10.2 Å². The number of halogens is 2. The molecule has 0 amide bonds. The second kappa shape index (κ2) is 5.38. The van der Waals surface area contributed by atoms with E-state index in [9.17, 15) is 0 Å². The molecule has 0 fully saturated rings. The van der Waals surface area contributed by atoms with Crippen molar-refractivity contribution in [2.45, 2.75) is 0 Å². The van der Waals surface area contributed by atoms with E-state index in [0.29, 0.717) is 16.1 Å². The van der Waals surface area contributed by atoms with Gasteiger partial charge in [-0.1, -0.05) is 28.1 Å². The SMILES string of the molecule is Nc1ncnc(Nc2ccc3cc(Br)ccc3c2)c1Br. The van der Waals surface area contributed by atoms with E-state index in [2.05, 4.69) is 71.4 Å². The van der Waals surface area contributed by atoms with Gasteiger partial charge in [0.1, 0.15) is 22.4 Å². The number of nitrogens with two attached hydrogens (primary N) is 1. The predicted molar refractivity (Wildman–Crippen MR) is 89.1 cm³/mol. The van der Waals surface area contributed by atoms with Crippen LogP contribution in [0.15, 0.2) is 51.7 Å². The highest BCUT2D eigenvalue weighted by Gasteiger charge is 2.06. The molecular formula is C14H10Br2N4. The summed E-state index contributed by atoms with van der Waals surface area (Å²) < 4.78 is 1.73. The van der Waals surface area contributed by atoms with Crippen LogP contribution in [-0.2, 0) is 0 Å². The molecule has 100 valence electrons. The Kier molecular flexibility index (Phi) is 3.58. The van der Waals surface area contributed by atoms with Gasteiger partial charge >= 0.3 is 0 Å². The molecule has 0 radical (unpaired) electrons. The summed E-state index contributed by atoms with van der Waals surface area (Å²) in [4.78, 5) is 8.09. The van der Waals surface area contributed by atoms with Gasteiger partial charge in [0.25, 0.3) is 0 Å². The first-order chi connectivity index (χ1) is 9.63. The lowest BCUT2D eigenvalue weighted by Crippen LogP contribution is -1.99. The van der Waals surface area contributed by atoms with E-state index in [0.717, 1.165) is 15.5 Å². The van der Waals surface area contributed by atoms with E-state index in [1.807, 2.05) is 12.1 Å². The Morgan fingerprint density at radius 2 is 1.70 bits per heavy atom. The monoisotopic (exact) mass is 392 g/mol. The first kappa shape index (κ1) is 13.3. The largest absolute Gasteiger partial charge is 0.383 e. The third kappa shape index (κ3) is 2.62. The Balaban J connectivity index is 1.99. The molecule has 0 saturated carbocycles. The normalized spacial score (nSPS) is 10.7. The average molecular weight is 394 g/mol. The summed E-state index contributed by atoms with van der Waals surface area (Å²) in [5, 5.41) is 5.55. The summed E-state index contributed by atoms with van der Waals surface area (Å²) in [5.74, 6) is 1.06. The number of benzene rings is 2. The van der Waals surface area contributed by atoms with Crippen molar-refractivity contribution in [2.75, 3.05) is 11.1 Å². The highest BCUT2D eigenvalue weighted by atomic mass is 79.9. The molecule has 3 aromatic rings. The van der Waals surface area contributed by atoms with Crippen molar-refractivity contribution in [1.82, 2.24) is 9.97 Å². The van der Waals surface area contributed by atoms with Crippen LogP contribution in [-0.4, -0.2) is 9.97 Å². The molecular weight excluding hydrogens is 384 g/mol. The van der Waals surface area contributed by atoms with Gasteiger partial charge in [0.05, 0.1) is 0 Å².